The molecule has 0 saturated heterocycles. The largest absolute Gasteiger partial charge is 0.383 e. The number of nitrogen functional groups attached to an aromatic ring is 1. The normalized spacial score (nSPS) is 12.4. The second kappa shape index (κ2) is 4.90. The summed E-state index contributed by atoms with van der Waals surface area (Å²) >= 11 is 0. The topological polar surface area (TPSA) is 89.8 Å². The minimum Gasteiger partial charge on any atom is -0.383 e. The molecule has 2 aromatic rings. The Morgan fingerprint density at radius 1 is 1.18 bits per heavy atom. The molecule has 17 heavy (non-hydrogen) atoms. The van der Waals surface area contributed by atoms with Crippen LogP contribution in [0.3, 0.4) is 0 Å². The SMILES string of the molecule is Cc1cccnc1C(NN)c1cccnc1N. The van der Waals surface area contributed by atoms with Gasteiger partial charge in [0.1, 0.15) is 5.82 Å². The minimum absolute atomic E-state index is 0.245. The zero-order valence-electron chi connectivity index (χ0n) is 9.59. The zero-order chi connectivity index (χ0) is 12.3. The molecule has 0 amide bonds. The van der Waals surface area contributed by atoms with E-state index in [1.165, 1.54) is 0 Å². The molecule has 0 spiro atoms. The number of nitrogens with two attached hydrogens (primary N) is 2. The molecule has 5 heteroatoms. The molecule has 88 valence electrons. The van der Waals surface area contributed by atoms with Crippen molar-refractivity contribution in [1.82, 2.24) is 15.4 Å². The Bertz CT molecular complexity index is 466. The van der Waals surface area contributed by atoms with Crippen LogP contribution < -0.4 is 17.0 Å². The van der Waals surface area contributed by atoms with Crippen molar-refractivity contribution in [3.05, 3.63) is 53.5 Å². The molecule has 2 rings (SSSR count). The maximum Gasteiger partial charge on any atom is 0.128 e. The van der Waals surface area contributed by atoms with Gasteiger partial charge in [0.2, 0.25) is 0 Å². The van der Waals surface area contributed by atoms with Gasteiger partial charge in [-0.05, 0) is 24.6 Å². The van der Waals surface area contributed by atoms with Crippen molar-refractivity contribution in [2.75, 3.05) is 5.73 Å². The molecule has 0 aliphatic rings. The summed E-state index contributed by atoms with van der Waals surface area (Å²) in [6.07, 6.45) is 3.39. The highest BCUT2D eigenvalue weighted by Gasteiger charge is 2.18. The third-order valence-corrected chi connectivity index (χ3v) is 2.67. The van der Waals surface area contributed by atoms with Crippen LogP contribution in [0.4, 0.5) is 5.82 Å². The summed E-state index contributed by atoms with van der Waals surface area (Å²) in [4.78, 5) is 8.40. The summed E-state index contributed by atoms with van der Waals surface area (Å²) in [5.74, 6) is 6.06. The van der Waals surface area contributed by atoms with E-state index in [0.29, 0.717) is 5.82 Å². The van der Waals surface area contributed by atoms with E-state index in [4.69, 9.17) is 11.6 Å². The van der Waals surface area contributed by atoms with Gasteiger partial charge in [0, 0.05) is 18.0 Å². The molecular formula is C12H15N5. The lowest BCUT2D eigenvalue weighted by molar-refractivity contribution is 0.617. The van der Waals surface area contributed by atoms with Gasteiger partial charge in [-0.1, -0.05) is 12.1 Å². The van der Waals surface area contributed by atoms with Gasteiger partial charge < -0.3 is 5.73 Å². The molecule has 5 nitrogen and oxygen atoms in total. The van der Waals surface area contributed by atoms with E-state index in [9.17, 15) is 0 Å². The monoisotopic (exact) mass is 229 g/mol. The highest BCUT2D eigenvalue weighted by atomic mass is 15.2. The van der Waals surface area contributed by atoms with Crippen LogP contribution in [0.5, 0.6) is 0 Å². The lowest BCUT2D eigenvalue weighted by atomic mass is 10.0. The van der Waals surface area contributed by atoms with Crippen molar-refractivity contribution < 1.29 is 0 Å². The summed E-state index contributed by atoms with van der Waals surface area (Å²) in [5.41, 5.74) is 11.3. The summed E-state index contributed by atoms with van der Waals surface area (Å²) in [6, 6.07) is 7.35. The minimum atomic E-state index is -0.245. The summed E-state index contributed by atoms with van der Waals surface area (Å²) in [5, 5.41) is 0. The fraction of sp³-hybridized carbons (Fsp3) is 0.167. The molecule has 2 heterocycles. The van der Waals surface area contributed by atoms with Crippen LogP contribution in [0.2, 0.25) is 0 Å². The second-order valence-corrected chi connectivity index (χ2v) is 3.78. The number of pyridine rings is 2. The lowest BCUT2D eigenvalue weighted by Gasteiger charge is -2.18. The molecule has 0 aliphatic carbocycles. The first kappa shape index (κ1) is 11.5. The predicted molar refractivity (Wildman–Crippen MR) is 66.8 cm³/mol. The van der Waals surface area contributed by atoms with Crippen LogP contribution in [0, 0.1) is 6.92 Å². The van der Waals surface area contributed by atoms with E-state index < -0.39 is 0 Å². The maximum atomic E-state index is 5.85. The van der Waals surface area contributed by atoms with Gasteiger partial charge in [0.25, 0.3) is 0 Å². The predicted octanol–water partition coefficient (Wildman–Crippen LogP) is 0.920. The van der Waals surface area contributed by atoms with Crippen LogP contribution in [-0.2, 0) is 0 Å². The highest BCUT2D eigenvalue weighted by molar-refractivity contribution is 5.45. The molecular weight excluding hydrogens is 214 g/mol. The number of nitrogens with one attached hydrogen (secondary N) is 1. The third-order valence-electron chi connectivity index (χ3n) is 2.67. The fourth-order valence-corrected chi connectivity index (χ4v) is 1.79. The average molecular weight is 229 g/mol. The van der Waals surface area contributed by atoms with Crippen molar-refractivity contribution in [1.29, 1.82) is 0 Å². The first-order chi connectivity index (χ1) is 8.24. The number of aryl methyl sites for hydroxylation is 1. The average Bonchev–Trinajstić information content (AvgIpc) is 2.34. The first-order valence-corrected chi connectivity index (χ1v) is 5.32. The van der Waals surface area contributed by atoms with Gasteiger partial charge in [0.05, 0.1) is 11.7 Å². The first-order valence-electron chi connectivity index (χ1n) is 5.32. The smallest absolute Gasteiger partial charge is 0.128 e. The molecule has 0 aromatic carbocycles. The Balaban J connectivity index is 2.48. The molecule has 0 fully saturated rings. The Kier molecular flexibility index (Phi) is 3.32. The molecule has 0 radical (unpaired) electrons. The van der Waals surface area contributed by atoms with E-state index in [0.717, 1.165) is 16.8 Å². The number of hydrogen-bond donors (Lipinski definition) is 3. The zero-order valence-corrected chi connectivity index (χ0v) is 9.59. The van der Waals surface area contributed by atoms with E-state index >= 15 is 0 Å². The van der Waals surface area contributed by atoms with Gasteiger partial charge in [0.15, 0.2) is 0 Å². The van der Waals surface area contributed by atoms with Crippen molar-refractivity contribution in [3.63, 3.8) is 0 Å². The van der Waals surface area contributed by atoms with Crippen molar-refractivity contribution in [2.45, 2.75) is 13.0 Å². The van der Waals surface area contributed by atoms with Gasteiger partial charge in [-0.3, -0.25) is 10.8 Å². The molecule has 0 bridgehead atoms. The molecule has 0 aliphatic heterocycles. The standard InChI is InChI=1S/C12H15N5/c1-8-4-2-6-15-10(8)11(17-14)9-5-3-7-16-12(9)13/h2-7,11,17H,14H2,1H3,(H2,13,16). The van der Waals surface area contributed by atoms with Crippen LogP contribution in [-0.4, -0.2) is 9.97 Å². The summed E-state index contributed by atoms with van der Waals surface area (Å²) < 4.78 is 0. The van der Waals surface area contributed by atoms with Gasteiger partial charge in [-0.15, -0.1) is 0 Å². The molecule has 1 atom stereocenters. The Hall–Kier alpha value is -1.98. The van der Waals surface area contributed by atoms with Crippen LogP contribution in [0.15, 0.2) is 36.7 Å². The van der Waals surface area contributed by atoms with E-state index in [2.05, 4.69) is 15.4 Å². The van der Waals surface area contributed by atoms with Crippen molar-refractivity contribution >= 4 is 5.82 Å². The second-order valence-electron chi connectivity index (χ2n) is 3.78. The number of hydrazine groups is 1. The van der Waals surface area contributed by atoms with Crippen molar-refractivity contribution in [2.24, 2.45) is 5.84 Å². The maximum absolute atomic E-state index is 5.85. The van der Waals surface area contributed by atoms with Gasteiger partial charge in [-0.25, -0.2) is 10.4 Å². The number of aromatic nitrogens is 2. The molecule has 1 unspecified atom stereocenters. The lowest BCUT2D eigenvalue weighted by Crippen LogP contribution is -2.30. The number of rotatable bonds is 3. The summed E-state index contributed by atoms with van der Waals surface area (Å²) in [6.45, 7) is 1.99. The van der Waals surface area contributed by atoms with E-state index in [1.54, 1.807) is 12.4 Å². The van der Waals surface area contributed by atoms with Gasteiger partial charge in [-0.2, -0.15) is 0 Å². The fourth-order valence-electron chi connectivity index (χ4n) is 1.79. The number of hydrogen-bond acceptors (Lipinski definition) is 5. The third kappa shape index (κ3) is 2.25. The van der Waals surface area contributed by atoms with Crippen LogP contribution in [0.1, 0.15) is 22.9 Å². The molecule has 0 saturated carbocycles. The quantitative estimate of drug-likeness (QED) is 0.538. The van der Waals surface area contributed by atoms with Crippen LogP contribution >= 0.6 is 0 Å². The van der Waals surface area contributed by atoms with E-state index in [-0.39, 0.29) is 6.04 Å². The Labute approximate surface area is 99.9 Å². The van der Waals surface area contributed by atoms with E-state index in [1.807, 2.05) is 31.2 Å². The molecule has 5 N–H and O–H groups in total. The molecule has 2 aromatic heterocycles. The number of nitrogens with zero attached hydrogens (tertiary/aromatic N) is 2. The Morgan fingerprint density at radius 3 is 2.53 bits per heavy atom. The van der Waals surface area contributed by atoms with Crippen molar-refractivity contribution in [3.8, 4) is 0 Å². The van der Waals surface area contributed by atoms with Gasteiger partial charge >= 0.3 is 0 Å². The Morgan fingerprint density at radius 2 is 1.88 bits per heavy atom. The van der Waals surface area contributed by atoms with Crippen LogP contribution in [0.25, 0.3) is 0 Å². The highest BCUT2D eigenvalue weighted by Crippen LogP contribution is 2.24. The number of anilines is 1. The summed E-state index contributed by atoms with van der Waals surface area (Å²) in [7, 11) is 0.